The van der Waals surface area contributed by atoms with Crippen molar-refractivity contribution >= 4 is 33.0 Å². The van der Waals surface area contributed by atoms with Gasteiger partial charge in [0.25, 0.3) is 10.1 Å². The van der Waals surface area contributed by atoms with Crippen LogP contribution >= 0.6 is 0 Å². The Morgan fingerprint density at radius 3 is 1.85 bits per heavy atom. The summed E-state index contributed by atoms with van der Waals surface area (Å²) < 4.78 is 47.6. The molecule has 2 aromatic heterocycles. The molecule has 66 heavy (non-hydrogen) atoms. The number of carbonyl (C=O) groups excluding carboxylic acids is 1. The summed E-state index contributed by atoms with van der Waals surface area (Å²) in [6.07, 6.45) is 5.70. The Labute approximate surface area is 391 Å². The van der Waals surface area contributed by atoms with Gasteiger partial charge in [0.05, 0.1) is 91.1 Å². The van der Waals surface area contributed by atoms with Crippen LogP contribution in [0.3, 0.4) is 0 Å². The number of nitrogens with zero attached hydrogens (tertiary/aromatic N) is 10. The van der Waals surface area contributed by atoms with Crippen LogP contribution in [0.5, 0.6) is 0 Å². The highest BCUT2D eigenvalue weighted by atomic mass is 32.2. The van der Waals surface area contributed by atoms with E-state index in [9.17, 15) is 23.4 Å². The highest BCUT2D eigenvalue weighted by Gasteiger charge is 2.41. The smallest absolute Gasteiger partial charge is 0.332 e. The fourth-order valence-corrected chi connectivity index (χ4v) is 8.76. The lowest BCUT2D eigenvalue weighted by Gasteiger charge is -2.36. The van der Waals surface area contributed by atoms with Gasteiger partial charge in [0.15, 0.2) is 0 Å². The lowest BCUT2D eigenvalue weighted by atomic mass is 9.73. The summed E-state index contributed by atoms with van der Waals surface area (Å²) in [5.41, 5.74) is 5.08. The van der Waals surface area contributed by atoms with E-state index in [1.54, 1.807) is 25.5 Å². The minimum Gasteiger partial charge on any atom is -0.511 e. The molecule has 2 unspecified atom stereocenters. The van der Waals surface area contributed by atoms with E-state index in [4.69, 9.17) is 14.0 Å². The summed E-state index contributed by atoms with van der Waals surface area (Å²) in [5.74, 6) is -1.13. The number of carbonyl (C=O) groups is 1. The Hall–Kier alpha value is -4.92. The van der Waals surface area contributed by atoms with Gasteiger partial charge >= 0.3 is 5.97 Å². The van der Waals surface area contributed by atoms with E-state index in [-0.39, 0.29) is 24.7 Å². The maximum atomic E-state index is 12.3. The van der Waals surface area contributed by atoms with E-state index in [2.05, 4.69) is 58.4 Å². The van der Waals surface area contributed by atoms with Crippen molar-refractivity contribution < 1.29 is 46.4 Å². The van der Waals surface area contributed by atoms with Gasteiger partial charge in [-0.3, -0.25) is 13.9 Å². The molecule has 0 saturated heterocycles. The Balaban J connectivity index is 1.21. The van der Waals surface area contributed by atoms with Crippen molar-refractivity contribution in [3.63, 3.8) is 0 Å². The summed E-state index contributed by atoms with van der Waals surface area (Å²) in [7, 11) is 4.38. The first-order valence-electron chi connectivity index (χ1n) is 23.0. The molecule has 2 aromatic carbocycles. The van der Waals surface area contributed by atoms with Crippen molar-refractivity contribution in [2.75, 3.05) is 96.2 Å². The summed E-state index contributed by atoms with van der Waals surface area (Å²) in [5, 5.41) is 40.3. The second kappa shape index (κ2) is 22.7. The van der Waals surface area contributed by atoms with Gasteiger partial charge in [-0.15, -0.1) is 10.2 Å². The third kappa shape index (κ3) is 15.9. The number of quaternary nitrogens is 2. The van der Waals surface area contributed by atoms with Crippen LogP contribution in [0.4, 0.5) is 11.4 Å². The number of aromatic nitrogens is 6. The maximum Gasteiger partial charge on any atom is 0.332 e. The van der Waals surface area contributed by atoms with Gasteiger partial charge in [-0.25, -0.2) is 4.79 Å². The van der Waals surface area contributed by atoms with Crippen LogP contribution in [0.2, 0.25) is 0 Å². The number of likely N-dealkylation sites (N-methyl/N-ethyl adjacent to an activating group) is 1. The zero-order valence-corrected chi connectivity index (χ0v) is 41.3. The van der Waals surface area contributed by atoms with E-state index in [1.807, 2.05) is 79.7 Å². The Kier molecular flexibility index (Phi) is 17.9. The predicted octanol–water partition coefficient (Wildman–Crippen LogP) is 4.92. The van der Waals surface area contributed by atoms with Gasteiger partial charge in [0.1, 0.15) is 42.4 Å². The van der Waals surface area contributed by atoms with E-state index < -0.39 is 33.7 Å². The number of aliphatic hydroxyl groups is 2. The first-order valence-corrected chi connectivity index (χ1v) is 24.6. The lowest BCUT2D eigenvalue weighted by Crippen LogP contribution is -2.40. The molecular weight excluding hydrogens is 865 g/mol. The van der Waals surface area contributed by atoms with Gasteiger partial charge in [-0.2, -0.15) is 8.42 Å². The number of ether oxygens (including phenoxy) is 2. The fraction of sp³-hybridized carbons (Fsp3) is 0.596. The summed E-state index contributed by atoms with van der Waals surface area (Å²) >= 11 is 0. The van der Waals surface area contributed by atoms with Crippen LogP contribution in [-0.4, -0.2) is 166 Å². The van der Waals surface area contributed by atoms with Crippen molar-refractivity contribution in [3.05, 3.63) is 89.2 Å². The van der Waals surface area contributed by atoms with Crippen LogP contribution in [0.15, 0.2) is 66.7 Å². The van der Waals surface area contributed by atoms with Crippen molar-refractivity contribution in [1.82, 2.24) is 30.0 Å². The fourth-order valence-electron chi connectivity index (χ4n) is 8.27. The number of aliphatic hydroxyl groups excluding tert-OH is 2. The van der Waals surface area contributed by atoms with Gasteiger partial charge in [0, 0.05) is 49.5 Å². The largest absolute Gasteiger partial charge is 0.511 e. The minimum absolute atomic E-state index is 0.142. The van der Waals surface area contributed by atoms with Gasteiger partial charge in [-0.1, -0.05) is 48.0 Å². The molecule has 1 aliphatic carbocycles. The van der Waals surface area contributed by atoms with E-state index in [0.717, 1.165) is 59.0 Å². The quantitative estimate of drug-likeness (QED) is 0.0315. The van der Waals surface area contributed by atoms with Gasteiger partial charge in [-0.05, 0) is 69.5 Å². The third-order valence-electron chi connectivity index (χ3n) is 11.7. The number of hydrogen-bond donors (Lipinski definition) is 3. The number of unbranched alkanes of at least 4 members (excludes halogenated alkanes) is 1. The predicted molar refractivity (Wildman–Crippen MR) is 255 cm³/mol. The molecule has 0 fully saturated rings. The maximum absolute atomic E-state index is 12.3. The lowest BCUT2D eigenvalue weighted by molar-refractivity contribution is -0.904. The molecule has 0 aliphatic heterocycles. The number of rotatable bonds is 27. The molecule has 0 amide bonds. The molecule has 3 N–H and O–H groups in total. The Bertz CT molecular complexity index is 2300. The Morgan fingerprint density at radius 1 is 0.803 bits per heavy atom. The molecule has 5 rings (SSSR count). The summed E-state index contributed by atoms with van der Waals surface area (Å²) in [6, 6.07) is 15.7. The molecule has 0 spiro atoms. The van der Waals surface area contributed by atoms with Crippen molar-refractivity contribution in [1.29, 1.82) is 0 Å². The first kappa shape index (κ1) is 52.1. The third-order valence-corrected chi connectivity index (χ3v) is 12.5. The molecule has 2 heterocycles. The first-order chi connectivity index (χ1) is 31.0. The molecule has 0 bridgehead atoms. The average molecular weight is 939 g/mol. The number of hydrogen-bond acceptors (Lipinski definition) is 13. The molecule has 0 radical (unpaired) electrons. The number of esters is 1. The molecular formula is C47H74N10O8S+2. The summed E-state index contributed by atoms with van der Waals surface area (Å²) in [6.45, 7) is 16.5. The second-order valence-electron chi connectivity index (χ2n) is 19.6. The van der Waals surface area contributed by atoms with Crippen LogP contribution in [-0.2, 0) is 50.6 Å². The van der Waals surface area contributed by atoms with Crippen molar-refractivity contribution in [2.24, 2.45) is 0 Å². The van der Waals surface area contributed by atoms with Gasteiger partial charge < -0.3 is 38.5 Å². The normalized spacial score (nSPS) is 15.8. The highest BCUT2D eigenvalue weighted by Crippen LogP contribution is 2.46. The molecule has 2 atom stereocenters. The van der Waals surface area contributed by atoms with Crippen LogP contribution in [0.1, 0.15) is 82.3 Å². The minimum atomic E-state index is -4.02. The Morgan fingerprint density at radius 2 is 1.33 bits per heavy atom. The summed E-state index contributed by atoms with van der Waals surface area (Å²) in [4.78, 5) is 16.7. The monoisotopic (exact) mass is 939 g/mol. The number of benzene rings is 2. The molecule has 1 aliphatic rings. The standard InChI is InChI=1S/C47H72N10O8S/c1-10-12-27-56(6,7)33-38-31-54(50-48-38)24-22-52(11-2)40-18-14-36(15-19-40)43-45(59)44(46(43)60)37-16-20-41(21-17-37)53(26-29-64-35-42(58)65-47(3,4)5)23-25-55-32-39(49-51-55)34-57(8,9)28-13-30-66(61,62)63/h14-21,31-32,43,45,59H,10-13,22-30,33-35H2,1-9H3/p+2. The molecule has 364 valence electrons. The second-order valence-corrected chi connectivity index (χ2v) is 21.2. The topological polar surface area (TPSA) is 198 Å². The van der Waals surface area contributed by atoms with Crippen molar-refractivity contribution in [2.45, 2.75) is 97.7 Å². The van der Waals surface area contributed by atoms with Crippen LogP contribution in [0, 0.1) is 0 Å². The highest BCUT2D eigenvalue weighted by molar-refractivity contribution is 7.85. The molecule has 19 heteroatoms. The van der Waals surface area contributed by atoms with Crippen LogP contribution < -0.4 is 9.80 Å². The van der Waals surface area contributed by atoms with E-state index in [1.165, 1.54) is 12.8 Å². The van der Waals surface area contributed by atoms with Gasteiger partial charge in [0.2, 0.25) is 0 Å². The van der Waals surface area contributed by atoms with Crippen LogP contribution in [0.25, 0.3) is 5.57 Å². The SMILES string of the molecule is CCCC[N+](C)(C)Cc1cn(CCN(CC)c2ccc(C3C(O)=C(c4ccc(N(CCOCC(=O)OC(C)(C)C)CCn5cc(C[N+](C)(C)CCCS(=O)(=O)O)nn5)cc4)C3O)cc2)nn1. The molecule has 0 saturated carbocycles. The molecule has 4 aromatic rings. The average Bonchev–Trinajstić information content (AvgIpc) is 3.87. The molecule has 18 nitrogen and oxygen atoms in total. The number of anilines is 2. The zero-order valence-electron chi connectivity index (χ0n) is 40.5. The van der Waals surface area contributed by atoms with Crippen molar-refractivity contribution in [3.8, 4) is 0 Å². The van der Waals surface area contributed by atoms with E-state index >= 15 is 0 Å². The zero-order chi connectivity index (χ0) is 48.3. The van der Waals surface area contributed by atoms with E-state index in [0.29, 0.717) is 61.3 Å².